The van der Waals surface area contributed by atoms with Crippen molar-refractivity contribution < 1.29 is 14.6 Å². The number of anilines is 1. The Morgan fingerprint density at radius 1 is 1.04 bits per heavy atom. The number of aromatic amines is 1. The molecule has 2 aromatic carbocycles. The van der Waals surface area contributed by atoms with Gasteiger partial charge in [-0.05, 0) is 68.3 Å². The summed E-state index contributed by atoms with van der Waals surface area (Å²) in [7, 11) is 0. The van der Waals surface area contributed by atoms with Crippen molar-refractivity contribution in [2.45, 2.75) is 46.5 Å². The van der Waals surface area contributed by atoms with Crippen molar-refractivity contribution in [3.8, 4) is 5.75 Å². The second kappa shape index (κ2) is 17.1. The van der Waals surface area contributed by atoms with Gasteiger partial charge in [0.05, 0.1) is 67.8 Å². The van der Waals surface area contributed by atoms with Crippen LogP contribution < -0.4 is 21.7 Å². The van der Waals surface area contributed by atoms with Gasteiger partial charge in [-0.25, -0.2) is 9.78 Å². The number of fused-ring (bicyclic) bond motifs is 1. The molecule has 3 aromatic heterocycles. The molecule has 0 aliphatic carbocycles. The van der Waals surface area contributed by atoms with Crippen molar-refractivity contribution in [1.29, 1.82) is 0 Å². The summed E-state index contributed by atoms with van der Waals surface area (Å²) in [6, 6.07) is 19.6. The van der Waals surface area contributed by atoms with Crippen molar-refractivity contribution in [3.05, 3.63) is 104 Å². The average Bonchev–Trinajstić information content (AvgIpc) is 3.64. The first-order valence-corrected chi connectivity index (χ1v) is 17.2. The SMILES string of the molecule is C/C=c1/[nH]c(=O)n(CCOCc2ccccc2)/c1=C/C=NCc1ccc2nc(NCCCN3CCOCC3)n(Cc3nc(C)ccc3O)c2c1. The summed E-state index contributed by atoms with van der Waals surface area (Å²) in [5, 5.41) is 15.7. The van der Waals surface area contributed by atoms with Gasteiger partial charge in [0.15, 0.2) is 0 Å². The Morgan fingerprint density at radius 2 is 1.88 bits per heavy atom. The van der Waals surface area contributed by atoms with Crippen molar-refractivity contribution in [2.75, 3.05) is 51.3 Å². The number of hydrogen-bond donors (Lipinski definition) is 3. The highest BCUT2D eigenvalue weighted by Gasteiger charge is 2.15. The van der Waals surface area contributed by atoms with Crippen LogP contribution in [0.25, 0.3) is 23.2 Å². The summed E-state index contributed by atoms with van der Waals surface area (Å²) in [6.45, 7) is 11.2. The number of nitrogens with zero attached hydrogens (tertiary/aromatic N) is 6. The lowest BCUT2D eigenvalue weighted by Gasteiger charge is -2.26. The van der Waals surface area contributed by atoms with Gasteiger partial charge in [-0.15, -0.1) is 0 Å². The number of morpholine rings is 1. The largest absolute Gasteiger partial charge is 0.506 e. The summed E-state index contributed by atoms with van der Waals surface area (Å²) in [6.07, 6.45) is 6.46. The first kappa shape index (κ1) is 34.8. The predicted molar refractivity (Wildman–Crippen MR) is 197 cm³/mol. The van der Waals surface area contributed by atoms with Gasteiger partial charge in [0.1, 0.15) is 11.4 Å². The maximum Gasteiger partial charge on any atom is 0.326 e. The van der Waals surface area contributed by atoms with Crippen molar-refractivity contribution >= 4 is 35.3 Å². The Bertz CT molecular complexity index is 2080. The molecular formula is C38H46N8O4. The third-order valence-electron chi connectivity index (χ3n) is 8.77. The minimum Gasteiger partial charge on any atom is -0.506 e. The summed E-state index contributed by atoms with van der Waals surface area (Å²) < 4.78 is 15.1. The summed E-state index contributed by atoms with van der Waals surface area (Å²) >= 11 is 0. The lowest BCUT2D eigenvalue weighted by Crippen LogP contribution is -2.37. The van der Waals surface area contributed by atoms with E-state index in [1.807, 2.05) is 68.5 Å². The molecule has 0 spiro atoms. The first-order chi connectivity index (χ1) is 24.5. The number of nitrogens with one attached hydrogen (secondary N) is 2. The molecule has 0 bridgehead atoms. The van der Waals surface area contributed by atoms with Crippen LogP contribution in [0.1, 0.15) is 35.9 Å². The van der Waals surface area contributed by atoms with E-state index in [2.05, 4.69) is 30.8 Å². The predicted octanol–water partition coefficient (Wildman–Crippen LogP) is 3.19. The maximum absolute atomic E-state index is 12.7. The lowest BCUT2D eigenvalue weighted by atomic mass is 10.2. The van der Waals surface area contributed by atoms with Crippen LogP contribution in [0.5, 0.6) is 5.75 Å². The molecule has 0 atom stereocenters. The fraction of sp³-hybridized carbons (Fsp3) is 0.368. The molecule has 1 fully saturated rings. The smallest absolute Gasteiger partial charge is 0.326 e. The van der Waals surface area contributed by atoms with Crippen LogP contribution in [-0.4, -0.2) is 86.3 Å². The molecule has 12 heteroatoms. The lowest BCUT2D eigenvalue weighted by molar-refractivity contribution is 0.0378. The molecule has 1 saturated heterocycles. The number of hydrogen-bond acceptors (Lipinski definition) is 9. The monoisotopic (exact) mass is 678 g/mol. The van der Waals surface area contributed by atoms with Gasteiger partial charge in [-0.3, -0.25) is 19.4 Å². The minimum atomic E-state index is -0.181. The van der Waals surface area contributed by atoms with Crippen LogP contribution in [0.2, 0.25) is 0 Å². The van der Waals surface area contributed by atoms with Crippen LogP contribution >= 0.6 is 0 Å². The fourth-order valence-corrected chi connectivity index (χ4v) is 6.08. The zero-order chi connectivity index (χ0) is 34.7. The van der Waals surface area contributed by atoms with E-state index < -0.39 is 0 Å². The molecule has 0 radical (unpaired) electrons. The molecule has 0 saturated carbocycles. The van der Waals surface area contributed by atoms with E-state index in [-0.39, 0.29) is 11.4 Å². The number of aliphatic imine (C=N–C) groups is 1. The van der Waals surface area contributed by atoms with E-state index in [1.165, 1.54) is 0 Å². The molecule has 262 valence electrons. The average molecular weight is 679 g/mol. The molecule has 3 N–H and O–H groups in total. The number of aromatic nitrogens is 5. The minimum absolute atomic E-state index is 0.154. The number of pyridine rings is 1. The Morgan fingerprint density at radius 3 is 2.70 bits per heavy atom. The highest BCUT2D eigenvalue weighted by Crippen LogP contribution is 2.25. The quantitative estimate of drug-likeness (QED) is 0.114. The van der Waals surface area contributed by atoms with E-state index in [4.69, 9.17) is 19.5 Å². The zero-order valence-electron chi connectivity index (χ0n) is 28.8. The van der Waals surface area contributed by atoms with Gasteiger partial charge in [-0.1, -0.05) is 42.5 Å². The molecule has 0 amide bonds. The molecule has 6 rings (SSSR count). The molecular weight excluding hydrogens is 632 g/mol. The number of rotatable bonds is 15. The van der Waals surface area contributed by atoms with Crippen LogP contribution in [0, 0.1) is 6.92 Å². The molecule has 1 aliphatic rings. The third kappa shape index (κ3) is 8.94. The number of ether oxygens (including phenoxy) is 2. The maximum atomic E-state index is 12.7. The standard InChI is InChI=1S/C38H46N8O4/c1-3-31-34(45(38(48)43-31)20-23-50-27-29-8-5-4-6-9-29)14-16-39-25-30-11-12-32-35(24-30)46(26-33-36(47)13-10-28(2)41-33)37(42-32)40-15-7-17-44-18-21-49-22-19-44/h3-6,8-14,16,24,47H,7,15,17-23,25-27H2,1-2H3,(H,40,42)(H,43,48)/b31-3+,34-14+,39-16?. The topological polar surface area (TPSA) is 135 Å². The van der Waals surface area contributed by atoms with Crippen molar-refractivity contribution in [2.24, 2.45) is 4.99 Å². The Hall–Kier alpha value is -5.04. The number of imidazole rings is 2. The Labute approximate surface area is 291 Å². The van der Waals surface area contributed by atoms with Gasteiger partial charge in [-0.2, -0.15) is 0 Å². The van der Waals surface area contributed by atoms with E-state index in [0.29, 0.717) is 38.5 Å². The number of aryl methyl sites for hydroxylation is 1. The summed E-state index contributed by atoms with van der Waals surface area (Å²) in [5.41, 5.74) is 5.12. The van der Waals surface area contributed by atoms with Gasteiger partial charge >= 0.3 is 5.69 Å². The van der Waals surface area contributed by atoms with Gasteiger partial charge < -0.3 is 29.4 Å². The summed E-state index contributed by atoms with van der Waals surface area (Å²) in [5.74, 6) is 0.891. The van der Waals surface area contributed by atoms with Gasteiger partial charge in [0, 0.05) is 31.5 Å². The third-order valence-corrected chi connectivity index (χ3v) is 8.77. The van der Waals surface area contributed by atoms with Crippen molar-refractivity contribution in [3.63, 3.8) is 0 Å². The van der Waals surface area contributed by atoms with Crippen LogP contribution in [-0.2, 0) is 35.7 Å². The van der Waals surface area contributed by atoms with E-state index >= 15 is 0 Å². The van der Waals surface area contributed by atoms with Crippen LogP contribution in [0.3, 0.4) is 0 Å². The fourth-order valence-electron chi connectivity index (χ4n) is 6.08. The molecule has 12 nitrogen and oxygen atoms in total. The van der Waals surface area contributed by atoms with Gasteiger partial charge in [0.2, 0.25) is 5.95 Å². The summed E-state index contributed by atoms with van der Waals surface area (Å²) in [4.78, 5) is 32.3. The van der Waals surface area contributed by atoms with E-state index in [0.717, 1.165) is 90.3 Å². The Balaban J connectivity index is 1.17. The molecule has 5 aromatic rings. The van der Waals surface area contributed by atoms with Gasteiger partial charge in [0.25, 0.3) is 0 Å². The van der Waals surface area contributed by atoms with E-state index in [1.54, 1.807) is 22.9 Å². The Kier molecular flexibility index (Phi) is 11.9. The normalized spacial score (nSPS) is 14.8. The number of benzene rings is 2. The highest BCUT2D eigenvalue weighted by molar-refractivity contribution is 5.90. The number of aromatic hydroxyl groups is 1. The highest BCUT2D eigenvalue weighted by atomic mass is 16.5. The molecule has 4 heterocycles. The first-order valence-electron chi connectivity index (χ1n) is 17.2. The molecule has 0 unspecified atom stereocenters. The van der Waals surface area contributed by atoms with Crippen molar-refractivity contribution in [1.82, 2.24) is 29.0 Å². The van der Waals surface area contributed by atoms with Crippen LogP contribution in [0.4, 0.5) is 5.95 Å². The van der Waals surface area contributed by atoms with Crippen LogP contribution in [0.15, 0.2) is 70.5 Å². The second-order valence-electron chi connectivity index (χ2n) is 12.4. The second-order valence-corrected chi connectivity index (χ2v) is 12.4. The van der Waals surface area contributed by atoms with E-state index in [9.17, 15) is 9.90 Å². The molecule has 50 heavy (non-hydrogen) atoms. The molecule has 1 aliphatic heterocycles. The zero-order valence-corrected chi connectivity index (χ0v) is 28.8. The number of H-pyrrole nitrogens is 1.